The Balaban J connectivity index is 1.54. The number of rotatable bonds is 2. The zero-order chi connectivity index (χ0) is 11.0. The fraction of sp³-hybridized carbons (Fsp3) is 0.786. The summed E-state index contributed by atoms with van der Waals surface area (Å²) in [5.41, 5.74) is 0. The highest BCUT2D eigenvalue weighted by atomic mass is 16.5. The summed E-state index contributed by atoms with van der Waals surface area (Å²) in [4.78, 5) is 12.0. The average molecular weight is 220 g/mol. The third kappa shape index (κ3) is 1.90. The number of fused-ring (bicyclic) bond motifs is 2. The predicted molar refractivity (Wildman–Crippen MR) is 61.8 cm³/mol. The van der Waals surface area contributed by atoms with Gasteiger partial charge in [0, 0.05) is 0 Å². The average Bonchev–Trinajstić information content (AvgIpc) is 2.92. The molecule has 3 aliphatic carbocycles. The van der Waals surface area contributed by atoms with Crippen molar-refractivity contribution in [2.45, 2.75) is 51.0 Å². The molecule has 16 heavy (non-hydrogen) atoms. The van der Waals surface area contributed by atoms with Crippen molar-refractivity contribution < 1.29 is 9.53 Å². The molecule has 2 nitrogen and oxygen atoms in total. The Bertz CT molecular complexity index is 308. The lowest BCUT2D eigenvalue weighted by Crippen LogP contribution is -2.28. The Kier molecular flexibility index (Phi) is 2.74. The molecule has 4 atom stereocenters. The third-order valence-corrected chi connectivity index (χ3v) is 4.54. The van der Waals surface area contributed by atoms with Crippen molar-refractivity contribution in [2.75, 3.05) is 0 Å². The lowest BCUT2D eigenvalue weighted by atomic mass is 9.94. The number of hydrogen-bond donors (Lipinski definition) is 0. The molecule has 2 fully saturated rings. The van der Waals surface area contributed by atoms with Crippen LogP contribution in [0.1, 0.15) is 44.9 Å². The summed E-state index contributed by atoms with van der Waals surface area (Å²) in [5.74, 6) is 1.76. The van der Waals surface area contributed by atoms with E-state index in [1.165, 1.54) is 19.3 Å². The van der Waals surface area contributed by atoms with Gasteiger partial charge >= 0.3 is 5.97 Å². The molecule has 0 N–H and O–H groups in total. The highest BCUT2D eigenvalue weighted by Gasteiger charge is 2.42. The van der Waals surface area contributed by atoms with Crippen molar-refractivity contribution in [1.29, 1.82) is 0 Å². The summed E-state index contributed by atoms with van der Waals surface area (Å²) in [6.07, 6.45) is 12.6. The van der Waals surface area contributed by atoms with E-state index in [0.717, 1.165) is 31.6 Å². The van der Waals surface area contributed by atoms with E-state index in [4.69, 9.17) is 4.74 Å². The molecule has 4 unspecified atom stereocenters. The molecule has 0 radical (unpaired) electrons. The minimum Gasteiger partial charge on any atom is -0.462 e. The second kappa shape index (κ2) is 4.23. The van der Waals surface area contributed by atoms with Gasteiger partial charge in [-0.1, -0.05) is 12.2 Å². The molecule has 0 amide bonds. The summed E-state index contributed by atoms with van der Waals surface area (Å²) >= 11 is 0. The van der Waals surface area contributed by atoms with Gasteiger partial charge in [0.2, 0.25) is 0 Å². The smallest absolute Gasteiger partial charge is 0.309 e. The normalized spacial score (nSPS) is 41.2. The fourth-order valence-corrected chi connectivity index (χ4v) is 3.58. The molecule has 3 rings (SSSR count). The SMILES string of the molecule is O=C(OC1CC2CCC1C2)C1CC=CCC1. The molecule has 2 bridgehead atoms. The quantitative estimate of drug-likeness (QED) is 0.528. The number of ether oxygens (including phenoxy) is 1. The van der Waals surface area contributed by atoms with Gasteiger partial charge in [-0.15, -0.1) is 0 Å². The summed E-state index contributed by atoms with van der Waals surface area (Å²) in [6.45, 7) is 0. The van der Waals surface area contributed by atoms with Crippen LogP contribution in [-0.2, 0) is 9.53 Å². The van der Waals surface area contributed by atoms with Crippen molar-refractivity contribution in [3.05, 3.63) is 12.2 Å². The van der Waals surface area contributed by atoms with Crippen molar-refractivity contribution in [2.24, 2.45) is 17.8 Å². The van der Waals surface area contributed by atoms with Gasteiger partial charge in [0.25, 0.3) is 0 Å². The zero-order valence-electron chi connectivity index (χ0n) is 9.73. The van der Waals surface area contributed by atoms with E-state index >= 15 is 0 Å². The van der Waals surface area contributed by atoms with Gasteiger partial charge in [-0.3, -0.25) is 4.79 Å². The van der Waals surface area contributed by atoms with Crippen molar-refractivity contribution in [3.8, 4) is 0 Å². The van der Waals surface area contributed by atoms with Gasteiger partial charge in [-0.25, -0.2) is 0 Å². The highest BCUT2D eigenvalue weighted by Crippen LogP contribution is 2.46. The first kappa shape index (κ1) is 10.4. The topological polar surface area (TPSA) is 26.3 Å². The van der Waals surface area contributed by atoms with Gasteiger partial charge in [-0.2, -0.15) is 0 Å². The van der Waals surface area contributed by atoms with Gasteiger partial charge in [0.15, 0.2) is 0 Å². The minimum atomic E-state index is 0.0712. The van der Waals surface area contributed by atoms with Crippen LogP contribution in [0.4, 0.5) is 0 Å². The van der Waals surface area contributed by atoms with E-state index in [-0.39, 0.29) is 18.0 Å². The zero-order valence-corrected chi connectivity index (χ0v) is 9.73. The van der Waals surface area contributed by atoms with Gasteiger partial charge < -0.3 is 4.74 Å². The minimum absolute atomic E-state index is 0.0712. The van der Waals surface area contributed by atoms with Crippen LogP contribution in [0.25, 0.3) is 0 Å². The summed E-state index contributed by atoms with van der Waals surface area (Å²) in [6, 6.07) is 0. The van der Waals surface area contributed by atoms with Crippen molar-refractivity contribution >= 4 is 5.97 Å². The van der Waals surface area contributed by atoms with E-state index < -0.39 is 0 Å². The number of hydrogen-bond acceptors (Lipinski definition) is 2. The molecule has 0 aromatic carbocycles. The fourth-order valence-electron chi connectivity index (χ4n) is 3.58. The largest absolute Gasteiger partial charge is 0.462 e. The molecule has 0 aromatic rings. The molecule has 0 heterocycles. The Morgan fingerprint density at radius 2 is 2.06 bits per heavy atom. The second-order valence-corrected chi connectivity index (χ2v) is 5.63. The maximum Gasteiger partial charge on any atom is 0.309 e. The first-order valence-electron chi connectivity index (χ1n) is 6.68. The first-order chi connectivity index (χ1) is 7.83. The number of allylic oxidation sites excluding steroid dienone is 2. The second-order valence-electron chi connectivity index (χ2n) is 5.63. The standard InChI is InChI=1S/C14H20O2/c15-14(11-4-2-1-3-5-11)16-13-9-10-6-7-12(13)8-10/h1-2,10-13H,3-9H2. The molecule has 2 saturated carbocycles. The molecule has 3 aliphatic rings. The Hall–Kier alpha value is -0.790. The van der Waals surface area contributed by atoms with E-state index in [2.05, 4.69) is 12.2 Å². The molecule has 0 aliphatic heterocycles. The van der Waals surface area contributed by atoms with Crippen molar-refractivity contribution in [1.82, 2.24) is 0 Å². The van der Waals surface area contributed by atoms with Crippen LogP contribution in [0.5, 0.6) is 0 Å². The van der Waals surface area contributed by atoms with Crippen LogP contribution in [-0.4, -0.2) is 12.1 Å². The molecular weight excluding hydrogens is 200 g/mol. The van der Waals surface area contributed by atoms with Crippen LogP contribution >= 0.6 is 0 Å². The van der Waals surface area contributed by atoms with E-state index in [9.17, 15) is 4.79 Å². The van der Waals surface area contributed by atoms with Gasteiger partial charge in [0.1, 0.15) is 6.10 Å². The number of carbonyl (C=O) groups excluding carboxylic acids is 1. The summed E-state index contributed by atoms with van der Waals surface area (Å²) < 4.78 is 5.71. The van der Waals surface area contributed by atoms with Crippen LogP contribution in [0.2, 0.25) is 0 Å². The number of esters is 1. The molecule has 2 heteroatoms. The monoisotopic (exact) mass is 220 g/mol. The van der Waals surface area contributed by atoms with Crippen LogP contribution < -0.4 is 0 Å². The predicted octanol–water partition coefficient (Wildman–Crippen LogP) is 3.07. The summed E-state index contributed by atoms with van der Waals surface area (Å²) in [5, 5.41) is 0. The molecule has 0 spiro atoms. The molecule has 0 saturated heterocycles. The molecule has 0 aromatic heterocycles. The Morgan fingerprint density at radius 1 is 1.12 bits per heavy atom. The lowest BCUT2D eigenvalue weighted by Gasteiger charge is -2.25. The Morgan fingerprint density at radius 3 is 2.69 bits per heavy atom. The maximum atomic E-state index is 12.0. The van der Waals surface area contributed by atoms with Crippen molar-refractivity contribution in [3.63, 3.8) is 0 Å². The third-order valence-electron chi connectivity index (χ3n) is 4.54. The van der Waals surface area contributed by atoms with E-state index in [1.54, 1.807) is 0 Å². The van der Waals surface area contributed by atoms with E-state index in [1.807, 2.05) is 0 Å². The lowest BCUT2D eigenvalue weighted by molar-refractivity contribution is -0.156. The van der Waals surface area contributed by atoms with Gasteiger partial charge in [-0.05, 0) is 56.8 Å². The van der Waals surface area contributed by atoms with Crippen LogP contribution in [0, 0.1) is 17.8 Å². The molecular formula is C14H20O2. The van der Waals surface area contributed by atoms with Gasteiger partial charge in [0.05, 0.1) is 5.92 Å². The van der Waals surface area contributed by atoms with Crippen LogP contribution in [0.3, 0.4) is 0 Å². The highest BCUT2D eigenvalue weighted by molar-refractivity contribution is 5.73. The first-order valence-corrected chi connectivity index (χ1v) is 6.68. The van der Waals surface area contributed by atoms with E-state index in [0.29, 0.717) is 5.92 Å². The summed E-state index contributed by atoms with van der Waals surface area (Å²) in [7, 11) is 0. The maximum absolute atomic E-state index is 12.0. The Labute approximate surface area is 97.1 Å². The molecule has 88 valence electrons. The number of carbonyl (C=O) groups is 1. The van der Waals surface area contributed by atoms with Crippen LogP contribution in [0.15, 0.2) is 12.2 Å².